The van der Waals surface area contributed by atoms with Crippen LogP contribution in [0.1, 0.15) is 24.9 Å². The van der Waals surface area contributed by atoms with E-state index in [4.69, 9.17) is 5.73 Å². The molecule has 1 aromatic rings. The van der Waals surface area contributed by atoms with E-state index in [1.54, 1.807) is 0 Å². The number of hydrogen-bond donors (Lipinski definition) is 1. The van der Waals surface area contributed by atoms with Crippen LogP contribution in [0, 0.1) is 11.8 Å². The molecule has 0 aromatic carbocycles. The van der Waals surface area contributed by atoms with E-state index in [1.165, 1.54) is 0 Å². The maximum absolute atomic E-state index is 12.9. The van der Waals surface area contributed by atoms with E-state index in [0.29, 0.717) is 6.42 Å². The molecule has 0 saturated carbocycles. The van der Waals surface area contributed by atoms with E-state index in [0.717, 1.165) is 12.3 Å². The van der Waals surface area contributed by atoms with Crippen LogP contribution in [0.15, 0.2) is 12.3 Å². The summed E-state index contributed by atoms with van der Waals surface area (Å²) in [5, 5.41) is 0. The Hall–Kier alpha value is -1.03. The summed E-state index contributed by atoms with van der Waals surface area (Å²) in [7, 11) is 0. The summed E-state index contributed by atoms with van der Waals surface area (Å²) in [5.41, 5.74) is 5.71. The van der Waals surface area contributed by atoms with Crippen LogP contribution in [-0.2, 0) is 0 Å². The van der Waals surface area contributed by atoms with Gasteiger partial charge in [-0.25, -0.2) is 9.37 Å². The third-order valence-corrected chi connectivity index (χ3v) is 1.69. The highest BCUT2D eigenvalue weighted by molar-refractivity contribution is 5.17. The second-order valence-corrected chi connectivity index (χ2v) is 2.54. The third-order valence-electron chi connectivity index (χ3n) is 1.69. The Morgan fingerprint density at radius 2 is 2.25 bits per heavy atom. The van der Waals surface area contributed by atoms with Gasteiger partial charge >= 0.3 is 0 Å². The Balaban J connectivity index is 3.04. The molecule has 66 valence electrons. The van der Waals surface area contributed by atoms with Crippen molar-refractivity contribution in [3.8, 4) is 0 Å². The number of aromatic nitrogens is 1. The van der Waals surface area contributed by atoms with E-state index in [2.05, 4.69) is 4.98 Å². The smallest absolute Gasteiger partial charge is 0.213 e. The Kier molecular flexibility index (Phi) is 2.70. The molecule has 4 heteroatoms. The molecule has 1 atom stereocenters. The molecule has 2 nitrogen and oxygen atoms in total. The highest BCUT2D eigenvalue weighted by atomic mass is 19.1. The van der Waals surface area contributed by atoms with Crippen molar-refractivity contribution in [1.29, 1.82) is 0 Å². The van der Waals surface area contributed by atoms with Gasteiger partial charge in [0.25, 0.3) is 0 Å². The van der Waals surface area contributed by atoms with Gasteiger partial charge in [-0.2, -0.15) is 4.39 Å². The zero-order valence-corrected chi connectivity index (χ0v) is 6.72. The first-order chi connectivity index (χ1) is 5.65. The molecule has 0 fully saturated rings. The van der Waals surface area contributed by atoms with Crippen molar-refractivity contribution in [3.05, 3.63) is 29.6 Å². The number of hydrogen-bond acceptors (Lipinski definition) is 2. The Bertz CT molecular complexity index is 276. The lowest BCUT2D eigenvalue weighted by Crippen LogP contribution is -2.11. The van der Waals surface area contributed by atoms with E-state index in [-0.39, 0.29) is 5.56 Å². The monoisotopic (exact) mass is 172 g/mol. The second kappa shape index (κ2) is 3.58. The number of halogens is 2. The van der Waals surface area contributed by atoms with Gasteiger partial charge in [-0.05, 0) is 6.42 Å². The number of pyridine rings is 1. The normalized spacial score (nSPS) is 13.0. The predicted molar refractivity (Wildman–Crippen MR) is 41.4 cm³/mol. The van der Waals surface area contributed by atoms with Crippen LogP contribution < -0.4 is 5.73 Å². The average Bonchev–Trinajstić information content (AvgIpc) is 2.08. The van der Waals surface area contributed by atoms with E-state index >= 15 is 0 Å². The molecule has 1 heterocycles. The molecule has 0 saturated heterocycles. The van der Waals surface area contributed by atoms with Crippen LogP contribution in [0.2, 0.25) is 0 Å². The fourth-order valence-corrected chi connectivity index (χ4v) is 0.931. The zero-order chi connectivity index (χ0) is 9.14. The SMILES string of the molecule is CCC(N)c1cc(F)ncc1F. The van der Waals surface area contributed by atoms with Crippen LogP contribution >= 0.6 is 0 Å². The van der Waals surface area contributed by atoms with Crippen molar-refractivity contribution in [3.63, 3.8) is 0 Å². The zero-order valence-electron chi connectivity index (χ0n) is 6.72. The summed E-state index contributed by atoms with van der Waals surface area (Å²) in [5.74, 6) is -1.25. The standard InChI is InChI=1S/C8H10F2N2/c1-2-7(11)5-3-8(10)12-4-6(5)9/h3-4,7H,2,11H2,1H3. The lowest BCUT2D eigenvalue weighted by atomic mass is 10.1. The minimum atomic E-state index is -0.699. The fraction of sp³-hybridized carbons (Fsp3) is 0.375. The maximum Gasteiger partial charge on any atom is 0.213 e. The second-order valence-electron chi connectivity index (χ2n) is 2.54. The lowest BCUT2D eigenvalue weighted by molar-refractivity contribution is 0.531. The summed E-state index contributed by atoms with van der Waals surface area (Å²) in [6.45, 7) is 1.81. The molecule has 0 radical (unpaired) electrons. The molecular weight excluding hydrogens is 162 g/mol. The number of nitrogens with zero attached hydrogens (tertiary/aromatic N) is 1. The average molecular weight is 172 g/mol. The molecule has 1 unspecified atom stereocenters. The van der Waals surface area contributed by atoms with Gasteiger partial charge in [0.1, 0.15) is 5.82 Å². The Morgan fingerprint density at radius 1 is 1.58 bits per heavy atom. The first-order valence-corrected chi connectivity index (χ1v) is 3.71. The molecule has 0 aliphatic rings. The van der Waals surface area contributed by atoms with Gasteiger partial charge in [-0.15, -0.1) is 0 Å². The minimum absolute atomic E-state index is 0.185. The molecule has 2 N–H and O–H groups in total. The van der Waals surface area contributed by atoms with Gasteiger partial charge in [0.05, 0.1) is 6.20 Å². The first-order valence-electron chi connectivity index (χ1n) is 3.71. The van der Waals surface area contributed by atoms with Crippen molar-refractivity contribution in [2.75, 3.05) is 0 Å². The Labute approximate surface area is 69.4 Å². The van der Waals surface area contributed by atoms with E-state index in [1.807, 2.05) is 6.92 Å². The Morgan fingerprint density at radius 3 is 2.83 bits per heavy atom. The van der Waals surface area contributed by atoms with Gasteiger partial charge in [-0.1, -0.05) is 6.92 Å². The van der Waals surface area contributed by atoms with Gasteiger partial charge in [0.15, 0.2) is 0 Å². The molecule has 12 heavy (non-hydrogen) atoms. The highest BCUT2D eigenvalue weighted by Crippen LogP contribution is 2.16. The van der Waals surface area contributed by atoms with Crippen molar-refractivity contribution < 1.29 is 8.78 Å². The molecule has 0 aliphatic carbocycles. The quantitative estimate of drug-likeness (QED) is 0.690. The van der Waals surface area contributed by atoms with Crippen molar-refractivity contribution in [1.82, 2.24) is 4.98 Å². The van der Waals surface area contributed by atoms with Crippen molar-refractivity contribution >= 4 is 0 Å². The molecule has 0 spiro atoms. The van der Waals surface area contributed by atoms with E-state index < -0.39 is 17.8 Å². The molecule has 0 aliphatic heterocycles. The lowest BCUT2D eigenvalue weighted by Gasteiger charge is -2.09. The van der Waals surface area contributed by atoms with Crippen LogP contribution in [-0.4, -0.2) is 4.98 Å². The summed E-state index contributed by atoms with van der Waals surface area (Å²) >= 11 is 0. The van der Waals surface area contributed by atoms with Crippen LogP contribution in [0.5, 0.6) is 0 Å². The van der Waals surface area contributed by atoms with Crippen LogP contribution in [0.3, 0.4) is 0 Å². The molecular formula is C8H10F2N2. The largest absolute Gasteiger partial charge is 0.324 e. The maximum atomic E-state index is 12.9. The van der Waals surface area contributed by atoms with Gasteiger partial charge in [0.2, 0.25) is 5.95 Å². The molecule has 1 rings (SSSR count). The highest BCUT2D eigenvalue weighted by Gasteiger charge is 2.10. The summed E-state index contributed by atoms with van der Waals surface area (Å²) in [4.78, 5) is 3.16. The third kappa shape index (κ3) is 1.76. The summed E-state index contributed by atoms with van der Waals surface area (Å²) in [6.07, 6.45) is 1.42. The van der Waals surface area contributed by atoms with Crippen LogP contribution in [0.4, 0.5) is 8.78 Å². The molecule has 0 amide bonds. The number of rotatable bonds is 2. The van der Waals surface area contributed by atoms with Crippen molar-refractivity contribution in [2.45, 2.75) is 19.4 Å². The van der Waals surface area contributed by atoms with Gasteiger partial charge in [0, 0.05) is 17.7 Å². The van der Waals surface area contributed by atoms with Gasteiger partial charge in [-0.3, -0.25) is 0 Å². The number of nitrogens with two attached hydrogens (primary N) is 1. The summed E-state index contributed by atoms with van der Waals surface area (Å²) < 4.78 is 25.4. The predicted octanol–water partition coefficient (Wildman–Crippen LogP) is 1.77. The van der Waals surface area contributed by atoms with Gasteiger partial charge < -0.3 is 5.73 Å². The fourth-order valence-electron chi connectivity index (χ4n) is 0.931. The minimum Gasteiger partial charge on any atom is -0.324 e. The molecule has 1 aromatic heterocycles. The van der Waals surface area contributed by atoms with Crippen molar-refractivity contribution in [2.24, 2.45) is 5.73 Å². The summed E-state index contributed by atoms with van der Waals surface area (Å²) in [6, 6.07) is 0.575. The topological polar surface area (TPSA) is 38.9 Å². The molecule has 0 bridgehead atoms. The first kappa shape index (κ1) is 9.06. The van der Waals surface area contributed by atoms with E-state index in [9.17, 15) is 8.78 Å². The van der Waals surface area contributed by atoms with Crippen LogP contribution in [0.25, 0.3) is 0 Å².